The third kappa shape index (κ3) is 2.14. The van der Waals surface area contributed by atoms with E-state index in [4.69, 9.17) is 0 Å². The monoisotopic (exact) mass is 273 g/mol. The molecule has 0 bridgehead atoms. The molecule has 0 spiro atoms. The summed E-state index contributed by atoms with van der Waals surface area (Å²) in [6, 6.07) is 9.44. The highest BCUT2D eigenvalue weighted by Crippen LogP contribution is 2.62. The lowest BCUT2D eigenvalue weighted by atomic mass is 9.92. The van der Waals surface area contributed by atoms with Crippen molar-refractivity contribution in [1.29, 1.82) is 0 Å². The van der Waals surface area contributed by atoms with Gasteiger partial charge < -0.3 is 10.0 Å². The topological polar surface area (TPSA) is 40.5 Å². The number of hydrogen-bond acceptors (Lipinski definition) is 2. The van der Waals surface area contributed by atoms with Crippen LogP contribution < -0.4 is 0 Å². The van der Waals surface area contributed by atoms with Crippen molar-refractivity contribution >= 4 is 5.91 Å². The molecular weight excluding hydrogens is 250 g/mol. The number of carbonyl (C=O) groups is 1. The number of fused-ring (bicyclic) bond motifs is 1. The summed E-state index contributed by atoms with van der Waals surface area (Å²) in [6.07, 6.45) is 0.164. The third-order valence-corrected chi connectivity index (χ3v) is 5.37. The smallest absolute Gasteiger partial charge is 0.225 e. The molecule has 3 rings (SSSR count). The van der Waals surface area contributed by atoms with E-state index in [0.29, 0.717) is 17.3 Å². The Labute approximate surface area is 120 Å². The second-order valence-electron chi connectivity index (χ2n) is 7.15. The molecule has 1 aliphatic carbocycles. The van der Waals surface area contributed by atoms with Crippen LogP contribution in [0.4, 0.5) is 0 Å². The number of likely N-dealkylation sites (tertiary alicyclic amines) is 1. The SMILES string of the molecule is CC(O)(CC(=O)N1CC2C(C1)C2(C)C)c1ccccc1. The highest BCUT2D eigenvalue weighted by Gasteiger charge is 2.62. The van der Waals surface area contributed by atoms with Crippen LogP contribution in [0, 0.1) is 17.3 Å². The maximum Gasteiger partial charge on any atom is 0.225 e. The second-order valence-corrected chi connectivity index (χ2v) is 7.15. The van der Waals surface area contributed by atoms with Gasteiger partial charge in [-0.3, -0.25) is 4.79 Å². The molecule has 1 amide bonds. The van der Waals surface area contributed by atoms with Gasteiger partial charge in [-0.2, -0.15) is 0 Å². The zero-order valence-electron chi connectivity index (χ0n) is 12.5. The summed E-state index contributed by atoms with van der Waals surface area (Å²) >= 11 is 0. The molecule has 2 fully saturated rings. The van der Waals surface area contributed by atoms with E-state index in [9.17, 15) is 9.90 Å². The fourth-order valence-electron chi connectivity index (χ4n) is 3.64. The molecule has 1 aromatic rings. The van der Waals surface area contributed by atoms with Gasteiger partial charge in [0.25, 0.3) is 0 Å². The molecule has 2 aliphatic rings. The first-order chi connectivity index (χ1) is 9.32. The number of aliphatic hydroxyl groups is 1. The fraction of sp³-hybridized carbons (Fsp3) is 0.588. The number of rotatable bonds is 3. The molecule has 3 nitrogen and oxygen atoms in total. The van der Waals surface area contributed by atoms with Gasteiger partial charge in [0.1, 0.15) is 0 Å². The maximum absolute atomic E-state index is 12.4. The van der Waals surface area contributed by atoms with Crippen LogP contribution in [0.1, 0.15) is 32.8 Å². The van der Waals surface area contributed by atoms with Crippen LogP contribution in [0.2, 0.25) is 0 Å². The van der Waals surface area contributed by atoms with Crippen molar-refractivity contribution in [2.24, 2.45) is 17.3 Å². The zero-order valence-corrected chi connectivity index (χ0v) is 12.5. The Morgan fingerprint density at radius 2 is 1.85 bits per heavy atom. The van der Waals surface area contributed by atoms with E-state index < -0.39 is 5.60 Å². The lowest BCUT2D eigenvalue weighted by Crippen LogP contribution is -2.37. The Morgan fingerprint density at radius 3 is 2.40 bits per heavy atom. The minimum Gasteiger partial charge on any atom is -0.385 e. The van der Waals surface area contributed by atoms with Crippen LogP contribution in [0.15, 0.2) is 30.3 Å². The summed E-state index contributed by atoms with van der Waals surface area (Å²) in [5.41, 5.74) is 0.136. The molecule has 1 heterocycles. The lowest BCUT2D eigenvalue weighted by Gasteiger charge is -2.28. The molecule has 3 atom stereocenters. The van der Waals surface area contributed by atoms with Crippen molar-refractivity contribution in [2.75, 3.05) is 13.1 Å². The first-order valence-corrected chi connectivity index (χ1v) is 7.38. The van der Waals surface area contributed by atoms with Gasteiger partial charge in [0.2, 0.25) is 5.91 Å². The van der Waals surface area contributed by atoms with E-state index >= 15 is 0 Å². The number of hydrogen-bond donors (Lipinski definition) is 1. The Morgan fingerprint density at radius 1 is 1.30 bits per heavy atom. The van der Waals surface area contributed by atoms with Gasteiger partial charge in [-0.15, -0.1) is 0 Å². The standard InChI is InChI=1S/C17H23NO2/c1-16(2)13-10-18(11-14(13)16)15(19)9-17(3,20)12-7-5-4-6-8-12/h4-8,13-14,20H,9-11H2,1-3H3. The highest BCUT2D eigenvalue weighted by atomic mass is 16.3. The zero-order chi connectivity index (χ0) is 14.5. The van der Waals surface area contributed by atoms with Gasteiger partial charge in [0.15, 0.2) is 0 Å². The van der Waals surface area contributed by atoms with Crippen LogP contribution in [0.3, 0.4) is 0 Å². The van der Waals surface area contributed by atoms with E-state index in [1.807, 2.05) is 35.2 Å². The van der Waals surface area contributed by atoms with E-state index in [1.54, 1.807) is 6.92 Å². The second kappa shape index (κ2) is 4.32. The van der Waals surface area contributed by atoms with Crippen molar-refractivity contribution in [3.05, 3.63) is 35.9 Å². The predicted octanol–water partition coefficient (Wildman–Crippen LogP) is 2.40. The van der Waals surface area contributed by atoms with Gasteiger partial charge in [0, 0.05) is 13.1 Å². The van der Waals surface area contributed by atoms with Crippen LogP contribution >= 0.6 is 0 Å². The molecule has 1 saturated heterocycles. The summed E-state index contributed by atoms with van der Waals surface area (Å²) in [4.78, 5) is 14.3. The van der Waals surface area contributed by atoms with Gasteiger partial charge in [-0.25, -0.2) is 0 Å². The molecule has 1 N–H and O–H groups in total. The summed E-state index contributed by atoms with van der Waals surface area (Å²) in [6.45, 7) is 8.01. The number of carbonyl (C=O) groups excluding carboxylic acids is 1. The van der Waals surface area contributed by atoms with Crippen molar-refractivity contribution in [3.63, 3.8) is 0 Å². The van der Waals surface area contributed by atoms with Crippen molar-refractivity contribution in [1.82, 2.24) is 4.90 Å². The van der Waals surface area contributed by atoms with Gasteiger partial charge in [-0.05, 0) is 29.7 Å². The predicted molar refractivity (Wildman–Crippen MR) is 78.0 cm³/mol. The normalized spacial score (nSPS) is 29.7. The largest absolute Gasteiger partial charge is 0.385 e. The van der Waals surface area contributed by atoms with E-state index in [2.05, 4.69) is 13.8 Å². The van der Waals surface area contributed by atoms with Crippen molar-refractivity contribution in [2.45, 2.75) is 32.8 Å². The summed E-state index contributed by atoms with van der Waals surface area (Å²) in [5.74, 6) is 1.39. The van der Waals surface area contributed by atoms with Crippen LogP contribution in [-0.4, -0.2) is 29.0 Å². The Bertz CT molecular complexity index is 507. The number of benzene rings is 1. The molecule has 3 heteroatoms. The van der Waals surface area contributed by atoms with Crippen LogP contribution in [-0.2, 0) is 10.4 Å². The maximum atomic E-state index is 12.4. The Hall–Kier alpha value is -1.35. The number of amides is 1. The fourth-order valence-corrected chi connectivity index (χ4v) is 3.64. The average Bonchev–Trinajstić information content (AvgIpc) is 2.81. The number of nitrogens with zero attached hydrogens (tertiary/aromatic N) is 1. The average molecular weight is 273 g/mol. The quantitative estimate of drug-likeness (QED) is 0.918. The molecule has 1 saturated carbocycles. The van der Waals surface area contributed by atoms with E-state index in [1.165, 1.54) is 0 Å². The molecule has 108 valence electrons. The molecule has 20 heavy (non-hydrogen) atoms. The molecule has 0 aromatic heterocycles. The minimum atomic E-state index is -1.08. The lowest BCUT2D eigenvalue weighted by molar-refractivity contribution is -0.136. The van der Waals surface area contributed by atoms with Gasteiger partial charge in [-0.1, -0.05) is 44.2 Å². The molecule has 1 aromatic carbocycles. The summed E-state index contributed by atoms with van der Waals surface area (Å²) < 4.78 is 0. The van der Waals surface area contributed by atoms with Crippen molar-refractivity contribution < 1.29 is 9.90 Å². The summed E-state index contributed by atoms with van der Waals surface area (Å²) in [5, 5.41) is 10.5. The first-order valence-electron chi connectivity index (χ1n) is 7.38. The molecule has 3 unspecified atom stereocenters. The van der Waals surface area contributed by atoms with Gasteiger partial charge in [0.05, 0.1) is 12.0 Å². The Kier molecular flexibility index (Phi) is 2.94. The van der Waals surface area contributed by atoms with Gasteiger partial charge >= 0.3 is 0 Å². The minimum absolute atomic E-state index is 0.0712. The third-order valence-electron chi connectivity index (χ3n) is 5.37. The van der Waals surface area contributed by atoms with Crippen LogP contribution in [0.25, 0.3) is 0 Å². The number of piperidine rings is 1. The highest BCUT2D eigenvalue weighted by molar-refractivity contribution is 5.78. The molecule has 0 radical (unpaired) electrons. The van der Waals surface area contributed by atoms with E-state index in [0.717, 1.165) is 18.7 Å². The Balaban J connectivity index is 1.63. The molecule has 1 aliphatic heterocycles. The van der Waals surface area contributed by atoms with Crippen LogP contribution in [0.5, 0.6) is 0 Å². The molecular formula is C17H23NO2. The van der Waals surface area contributed by atoms with E-state index in [-0.39, 0.29) is 12.3 Å². The van der Waals surface area contributed by atoms with Crippen molar-refractivity contribution in [3.8, 4) is 0 Å². The summed E-state index contributed by atoms with van der Waals surface area (Å²) in [7, 11) is 0. The first kappa shape index (κ1) is 13.6.